The van der Waals surface area contributed by atoms with Crippen LogP contribution in [0.4, 0.5) is 0 Å². The molecule has 0 amide bonds. The highest BCUT2D eigenvalue weighted by Crippen LogP contribution is 2.25. The lowest BCUT2D eigenvalue weighted by Gasteiger charge is -2.12. The second kappa shape index (κ2) is 5.34. The summed E-state index contributed by atoms with van der Waals surface area (Å²) >= 11 is 0. The quantitative estimate of drug-likeness (QED) is 0.728. The third-order valence-electron chi connectivity index (χ3n) is 3.76. The van der Waals surface area contributed by atoms with Gasteiger partial charge in [-0.05, 0) is 42.6 Å². The number of rotatable bonds is 3. The Hall–Kier alpha value is -2.73. The van der Waals surface area contributed by atoms with Crippen molar-refractivity contribution in [3.8, 4) is 11.8 Å². The van der Waals surface area contributed by atoms with Crippen molar-refractivity contribution in [2.24, 2.45) is 0 Å². The summed E-state index contributed by atoms with van der Waals surface area (Å²) in [6.07, 6.45) is 0. The molecule has 0 aliphatic rings. The van der Waals surface area contributed by atoms with E-state index in [-0.39, 0.29) is 0 Å². The van der Waals surface area contributed by atoms with Crippen LogP contribution in [0.2, 0.25) is 0 Å². The minimum Gasteiger partial charge on any atom is -0.496 e. The van der Waals surface area contributed by atoms with Gasteiger partial charge in [-0.25, -0.2) is 0 Å². The van der Waals surface area contributed by atoms with Crippen molar-refractivity contribution in [1.82, 2.24) is 4.57 Å². The van der Waals surface area contributed by atoms with Gasteiger partial charge >= 0.3 is 0 Å². The first-order chi connectivity index (χ1) is 10.2. The predicted molar refractivity (Wildman–Crippen MR) is 83.5 cm³/mol. The average molecular weight is 276 g/mol. The van der Waals surface area contributed by atoms with Crippen LogP contribution in [-0.2, 0) is 6.54 Å². The average Bonchev–Trinajstić information content (AvgIpc) is 2.83. The molecule has 2 aromatic carbocycles. The number of hydrogen-bond acceptors (Lipinski definition) is 2. The smallest absolute Gasteiger partial charge is 0.123 e. The van der Waals surface area contributed by atoms with E-state index < -0.39 is 0 Å². The highest BCUT2D eigenvalue weighted by molar-refractivity contribution is 5.81. The Morgan fingerprint density at radius 1 is 1.14 bits per heavy atom. The molecular formula is C18H16N2O. The Morgan fingerprint density at radius 2 is 1.95 bits per heavy atom. The summed E-state index contributed by atoms with van der Waals surface area (Å²) in [5, 5.41) is 10.3. The van der Waals surface area contributed by atoms with Gasteiger partial charge in [0.25, 0.3) is 0 Å². The Morgan fingerprint density at radius 3 is 2.71 bits per heavy atom. The van der Waals surface area contributed by atoms with E-state index in [2.05, 4.69) is 35.8 Å². The molecule has 0 saturated carbocycles. The summed E-state index contributed by atoms with van der Waals surface area (Å²) in [7, 11) is 1.66. The number of hydrogen-bond donors (Lipinski definition) is 0. The fourth-order valence-electron chi connectivity index (χ4n) is 2.70. The lowest BCUT2D eigenvalue weighted by atomic mass is 10.1. The zero-order valence-electron chi connectivity index (χ0n) is 12.1. The summed E-state index contributed by atoms with van der Waals surface area (Å²) in [5.41, 5.74) is 4.06. The summed E-state index contributed by atoms with van der Waals surface area (Å²) in [6, 6.07) is 18.2. The van der Waals surface area contributed by atoms with E-state index in [9.17, 15) is 0 Å². The van der Waals surface area contributed by atoms with E-state index in [1.54, 1.807) is 13.2 Å². The number of nitriles is 1. The number of ether oxygens (including phenoxy) is 1. The molecule has 3 aromatic rings. The van der Waals surface area contributed by atoms with Crippen LogP contribution in [0.1, 0.15) is 16.8 Å². The van der Waals surface area contributed by atoms with E-state index in [1.807, 2.05) is 24.3 Å². The van der Waals surface area contributed by atoms with Crippen LogP contribution < -0.4 is 4.74 Å². The lowest BCUT2D eigenvalue weighted by molar-refractivity contribution is 0.408. The molecular weight excluding hydrogens is 260 g/mol. The van der Waals surface area contributed by atoms with Crippen molar-refractivity contribution < 1.29 is 4.74 Å². The fourth-order valence-corrected chi connectivity index (χ4v) is 2.70. The highest BCUT2D eigenvalue weighted by atomic mass is 16.5. The normalized spacial score (nSPS) is 10.5. The first-order valence-electron chi connectivity index (χ1n) is 6.85. The maximum absolute atomic E-state index is 9.08. The van der Waals surface area contributed by atoms with Crippen LogP contribution >= 0.6 is 0 Å². The van der Waals surface area contributed by atoms with Crippen LogP contribution in [-0.4, -0.2) is 11.7 Å². The molecule has 21 heavy (non-hydrogen) atoms. The summed E-state index contributed by atoms with van der Waals surface area (Å²) in [4.78, 5) is 0. The SMILES string of the molecule is COc1ccc(C#N)cc1Cn1c(C)cc2ccccc21. The van der Waals surface area contributed by atoms with Crippen molar-refractivity contribution in [3.63, 3.8) is 0 Å². The number of para-hydroxylation sites is 1. The molecule has 1 aromatic heterocycles. The first-order valence-corrected chi connectivity index (χ1v) is 6.85. The largest absolute Gasteiger partial charge is 0.496 e. The van der Waals surface area contributed by atoms with Crippen molar-refractivity contribution in [3.05, 3.63) is 65.4 Å². The molecule has 0 aliphatic carbocycles. The maximum atomic E-state index is 9.08. The predicted octanol–water partition coefficient (Wildman–Crippen LogP) is 3.88. The molecule has 0 fully saturated rings. The van der Waals surface area contributed by atoms with Crippen LogP contribution in [0.5, 0.6) is 5.75 Å². The Kier molecular flexibility index (Phi) is 3.37. The van der Waals surface area contributed by atoms with E-state index in [1.165, 1.54) is 16.6 Å². The third kappa shape index (κ3) is 2.36. The third-order valence-corrected chi connectivity index (χ3v) is 3.76. The van der Waals surface area contributed by atoms with Gasteiger partial charge in [0.15, 0.2) is 0 Å². The molecule has 0 saturated heterocycles. The van der Waals surface area contributed by atoms with Gasteiger partial charge in [-0.3, -0.25) is 0 Å². The van der Waals surface area contributed by atoms with Crippen molar-refractivity contribution >= 4 is 10.9 Å². The minimum absolute atomic E-state index is 0.653. The van der Waals surface area contributed by atoms with Crippen molar-refractivity contribution in [2.75, 3.05) is 7.11 Å². The number of benzene rings is 2. The Bertz CT molecular complexity index is 840. The number of nitrogens with zero attached hydrogens (tertiary/aromatic N) is 2. The molecule has 0 unspecified atom stereocenters. The molecule has 3 nitrogen and oxygen atoms in total. The van der Waals surface area contributed by atoms with E-state index in [4.69, 9.17) is 10.00 Å². The Labute approximate surface area is 124 Å². The van der Waals surface area contributed by atoms with E-state index in [0.717, 1.165) is 11.3 Å². The van der Waals surface area contributed by atoms with E-state index >= 15 is 0 Å². The van der Waals surface area contributed by atoms with Crippen LogP contribution in [0.3, 0.4) is 0 Å². The molecule has 1 heterocycles. The van der Waals surface area contributed by atoms with Crippen molar-refractivity contribution in [2.45, 2.75) is 13.5 Å². The van der Waals surface area contributed by atoms with Gasteiger partial charge in [0, 0.05) is 16.8 Å². The monoisotopic (exact) mass is 276 g/mol. The molecule has 0 radical (unpaired) electrons. The van der Waals surface area contributed by atoms with Crippen LogP contribution in [0.25, 0.3) is 10.9 Å². The molecule has 104 valence electrons. The molecule has 0 aliphatic heterocycles. The van der Waals surface area contributed by atoms with Gasteiger partial charge in [-0.1, -0.05) is 18.2 Å². The topological polar surface area (TPSA) is 37.9 Å². The van der Waals surface area contributed by atoms with Crippen LogP contribution in [0, 0.1) is 18.3 Å². The lowest BCUT2D eigenvalue weighted by Crippen LogP contribution is -2.03. The van der Waals surface area contributed by atoms with Gasteiger partial charge < -0.3 is 9.30 Å². The summed E-state index contributed by atoms with van der Waals surface area (Å²) in [5.74, 6) is 0.811. The molecule has 0 N–H and O–H groups in total. The van der Waals surface area contributed by atoms with Gasteiger partial charge in [0.2, 0.25) is 0 Å². The second-order valence-corrected chi connectivity index (χ2v) is 5.07. The maximum Gasteiger partial charge on any atom is 0.123 e. The van der Waals surface area contributed by atoms with E-state index in [0.29, 0.717) is 12.1 Å². The van der Waals surface area contributed by atoms with Gasteiger partial charge in [0.1, 0.15) is 5.75 Å². The summed E-state index contributed by atoms with van der Waals surface area (Å²) in [6.45, 7) is 2.79. The zero-order chi connectivity index (χ0) is 14.8. The highest BCUT2D eigenvalue weighted by Gasteiger charge is 2.10. The Balaban J connectivity index is 2.10. The molecule has 0 atom stereocenters. The number of aryl methyl sites for hydroxylation is 1. The van der Waals surface area contributed by atoms with Crippen molar-refractivity contribution in [1.29, 1.82) is 5.26 Å². The molecule has 0 bridgehead atoms. The standard InChI is InChI=1S/C18H16N2O/c1-13-9-15-5-3-4-6-17(15)20(13)12-16-10-14(11-19)7-8-18(16)21-2/h3-10H,12H2,1-2H3. The molecule has 3 heteroatoms. The molecule has 0 spiro atoms. The van der Waals surface area contributed by atoms with Gasteiger partial charge in [-0.2, -0.15) is 5.26 Å². The minimum atomic E-state index is 0.653. The zero-order valence-corrected chi connectivity index (χ0v) is 12.1. The van der Waals surface area contributed by atoms with Crippen LogP contribution in [0.15, 0.2) is 48.5 Å². The number of fused-ring (bicyclic) bond motifs is 1. The van der Waals surface area contributed by atoms with Gasteiger partial charge in [0.05, 0.1) is 25.3 Å². The number of aromatic nitrogens is 1. The molecule has 3 rings (SSSR count). The first kappa shape index (κ1) is 13.3. The fraction of sp³-hybridized carbons (Fsp3) is 0.167. The summed E-state index contributed by atoms with van der Waals surface area (Å²) < 4.78 is 7.67. The van der Waals surface area contributed by atoms with Gasteiger partial charge in [-0.15, -0.1) is 0 Å². The second-order valence-electron chi connectivity index (χ2n) is 5.07. The number of methoxy groups -OCH3 is 1.